The molecule has 0 fully saturated rings. The Morgan fingerprint density at radius 2 is 2.00 bits per heavy atom. The van der Waals surface area contributed by atoms with Crippen molar-refractivity contribution >= 4 is 21.8 Å². The highest BCUT2D eigenvalue weighted by atomic mass is 79.9. The van der Waals surface area contributed by atoms with Crippen molar-refractivity contribution in [3.63, 3.8) is 0 Å². The fraction of sp³-hybridized carbons (Fsp3) is 0.462. The van der Waals surface area contributed by atoms with Crippen LogP contribution in [0, 0.1) is 0 Å². The van der Waals surface area contributed by atoms with E-state index in [9.17, 15) is 4.79 Å². The van der Waals surface area contributed by atoms with Crippen LogP contribution in [0.1, 0.15) is 38.3 Å². The van der Waals surface area contributed by atoms with E-state index in [0.29, 0.717) is 0 Å². The molecule has 0 aliphatic rings. The average molecular weight is 299 g/mol. The Kier molecular flexibility index (Phi) is 5.65. The fourth-order valence-electron chi connectivity index (χ4n) is 1.60. The summed E-state index contributed by atoms with van der Waals surface area (Å²) in [5.41, 5.74) is 6.83. The smallest absolute Gasteiger partial charge is 0.237 e. The van der Waals surface area contributed by atoms with Gasteiger partial charge in [0.05, 0.1) is 12.1 Å². The maximum atomic E-state index is 11.7. The lowest BCUT2D eigenvalue weighted by Gasteiger charge is -2.17. The Labute approximate surface area is 111 Å². The highest BCUT2D eigenvalue weighted by molar-refractivity contribution is 9.10. The van der Waals surface area contributed by atoms with Gasteiger partial charge in [-0.15, -0.1) is 0 Å². The van der Waals surface area contributed by atoms with Crippen LogP contribution in [0.15, 0.2) is 28.7 Å². The zero-order chi connectivity index (χ0) is 12.8. The third kappa shape index (κ3) is 4.48. The number of carbonyl (C=O) groups is 1. The van der Waals surface area contributed by atoms with Gasteiger partial charge in [-0.1, -0.05) is 41.4 Å². The van der Waals surface area contributed by atoms with E-state index in [4.69, 9.17) is 5.73 Å². The molecule has 0 spiro atoms. The Hall–Kier alpha value is -0.870. The number of carbonyl (C=O) groups excluding carboxylic acids is 1. The molecule has 0 saturated heterocycles. The first-order chi connectivity index (χ1) is 8.04. The molecule has 1 aromatic rings. The van der Waals surface area contributed by atoms with E-state index in [0.717, 1.165) is 22.9 Å². The van der Waals surface area contributed by atoms with E-state index >= 15 is 0 Å². The van der Waals surface area contributed by atoms with Gasteiger partial charge in [0.2, 0.25) is 5.91 Å². The first-order valence-corrected chi connectivity index (χ1v) is 6.65. The van der Waals surface area contributed by atoms with E-state index in [2.05, 4.69) is 21.2 Å². The molecule has 2 atom stereocenters. The van der Waals surface area contributed by atoms with E-state index in [1.807, 2.05) is 38.1 Å². The van der Waals surface area contributed by atoms with Crippen LogP contribution in [0.3, 0.4) is 0 Å². The minimum atomic E-state index is -0.405. The maximum Gasteiger partial charge on any atom is 0.237 e. The monoisotopic (exact) mass is 298 g/mol. The largest absolute Gasteiger partial charge is 0.348 e. The summed E-state index contributed by atoms with van der Waals surface area (Å²) in [5, 5.41) is 2.92. The molecule has 1 amide bonds. The van der Waals surface area contributed by atoms with Crippen molar-refractivity contribution in [2.24, 2.45) is 5.73 Å². The second kappa shape index (κ2) is 6.77. The number of hydrogen-bond acceptors (Lipinski definition) is 2. The maximum absolute atomic E-state index is 11.7. The molecular weight excluding hydrogens is 280 g/mol. The Bertz CT molecular complexity index is 364. The van der Waals surface area contributed by atoms with Gasteiger partial charge < -0.3 is 11.1 Å². The van der Waals surface area contributed by atoms with Crippen molar-refractivity contribution in [3.05, 3.63) is 34.3 Å². The minimum Gasteiger partial charge on any atom is -0.348 e. The Morgan fingerprint density at radius 1 is 1.41 bits per heavy atom. The molecule has 4 heteroatoms. The van der Waals surface area contributed by atoms with Crippen molar-refractivity contribution in [1.82, 2.24) is 5.32 Å². The van der Waals surface area contributed by atoms with Crippen LogP contribution in [0.5, 0.6) is 0 Å². The molecule has 3 N–H and O–H groups in total. The summed E-state index contributed by atoms with van der Waals surface area (Å²) < 4.78 is 1.03. The second-order valence-corrected chi connectivity index (χ2v) is 5.09. The molecule has 1 rings (SSSR count). The molecule has 94 valence electrons. The van der Waals surface area contributed by atoms with Crippen LogP contribution >= 0.6 is 15.9 Å². The van der Waals surface area contributed by atoms with Crippen LogP contribution < -0.4 is 11.1 Å². The lowest BCUT2D eigenvalue weighted by atomic mass is 10.1. The van der Waals surface area contributed by atoms with Crippen LogP contribution in [-0.4, -0.2) is 11.9 Å². The van der Waals surface area contributed by atoms with E-state index in [1.54, 1.807) is 0 Å². The van der Waals surface area contributed by atoms with Gasteiger partial charge in [-0.3, -0.25) is 4.79 Å². The number of nitrogens with one attached hydrogen (secondary N) is 1. The number of nitrogens with two attached hydrogens (primary N) is 1. The van der Waals surface area contributed by atoms with Gasteiger partial charge >= 0.3 is 0 Å². The summed E-state index contributed by atoms with van der Waals surface area (Å²) in [7, 11) is 0. The lowest BCUT2D eigenvalue weighted by molar-refractivity contribution is -0.123. The molecule has 0 aliphatic heterocycles. The third-order valence-corrected chi connectivity index (χ3v) is 3.19. The molecule has 1 aromatic carbocycles. The van der Waals surface area contributed by atoms with Crippen molar-refractivity contribution in [2.45, 2.75) is 38.8 Å². The molecule has 0 radical (unpaired) electrons. The van der Waals surface area contributed by atoms with Crippen molar-refractivity contribution in [3.8, 4) is 0 Å². The predicted octanol–water partition coefficient (Wildman–Crippen LogP) is 2.75. The summed E-state index contributed by atoms with van der Waals surface area (Å²) in [5.74, 6) is -0.0812. The number of halogens is 1. The highest BCUT2D eigenvalue weighted by Gasteiger charge is 2.15. The quantitative estimate of drug-likeness (QED) is 0.878. The minimum absolute atomic E-state index is 0.0153. The van der Waals surface area contributed by atoms with Gasteiger partial charge in [-0.25, -0.2) is 0 Å². The van der Waals surface area contributed by atoms with Gasteiger partial charge in [0.15, 0.2) is 0 Å². The summed E-state index contributed by atoms with van der Waals surface area (Å²) in [4.78, 5) is 11.7. The number of amides is 1. The Morgan fingerprint density at radius 3 is 2.53 bits per heavy atom. The predicted molar refractivity (Wildman–Crippen MR) is 73.6 cm³/mol. The van der Waals surface area contributed by atoms with Gasteiger partial charge in [-0.05, 0) is 31.0 Å². The van der Waals surface area contributed by atoms with Gasteiger partial charge in [-0.2, -0.15) is 0 Å². The molecule has 0 unspecified atom stereocenters. The molecule has 0 aliphatic carbocycles. The van der Waals surface area contributed by atoms with Crippen LogP contribution in [-0.2, 0) is 4.79 Å². The standard InChI is InChI=1S/C13H19BrN2O/c1-3-4-12(15)13(17)16-9(2)10-5-7-11(14)8-6-10/h5-9,12H,3-4,15H2,1-2H3,(H,16,17)/t9-,12+/m1/s1. The molecular formula is C13H19BrN2O. The lowest BCUT2D eigenvalue weighted by Crippen LogP contribution is -2.41. The van der Waals surface area contributed by atoms with E-state index < -0.39 is 6.04 Å². The number of benzene rings is 1. The number of hydrogen-bond donors (Lipinski definition) is 2. The van der Waals surface area contributed by atoms with Gasteiger partial charge in [0.25, 0.3) is 0 Å². The number of rotatable bonds is 5. The second-order valence-electron chi connectivity index (χ2n) is 4.18. The summed E-state index contributed by atoms with van der Waals surface area (Å²) >= 11 is 3.38. The highest BCUT2D eigenvalue weighted by Crippen LogP contribution is 2.16. The first kappa shape index (κ1) is 14.2. The summed E-state index contributed by atoms with van der Waals surface area (Å²) in [6.07, 6.45) is 1.64. The summed E-state index contributed by atoms with van der Waals surface area (Å²) in [6, 6.07) is 7.48. The average Bonchev–Trinajstić information content (AvgIpc) is 2.30. The van der Waals surface area contributed by atoms with Crippen molar-refractivity contribution < 1.29 is 4.79 Å². The zero-order valence-electron chi connectivity index (χ0n) is 10.2. The molecule has 0 saturated carbocycles. The fourth-order valence-corrected chi connectivity index (χ4v) is 1.86. The SMILES string of the molecule is CCC[C@H](N)C(=O)N[C@H](C)c1ccc(Br)cc1. The Balaban J connectivity index is 2.57. The third-order valence-electron chi connectivity index (χ3n) is 2.67. The zero-order valence-corrected chi connectivity index (χ0v) is 11.8. The molecule has 17 heavy (non-hydrogen) atoms. The summed E-state index contributed by atoms with van der Waals surface area (Å²) in [6.45, 7) is 3.98. The van der Waals surface area contributed by atoms with Crippen molar-refractivity contribution in [2.75, 3.05) is 0 Å². The molecule has 0 bridgehead atoms. The van der Waals surface area contributed by atoms with Crippen LogP contribution in [0.25, 0.3) is 0 Å². The topological polar surface area (TPSA) is 55.1 Å². The van der Waals surface area contributed by atoms with E-state index in [-0.39, 0.29) is 11.9 Å². The van der Waals surface area contributed by atoms with Gasteiger partial charge in [0, 0.05) is 4.47 Å². The van der Waals surface area contributed by atoms with Gasteiger partial charge in [0.1, 0.15) is 0 Å². The van der Waals surface area contributed by atoms with Crippen LogP contribution in [0.4, 0.5) is 0 Å². The molecule has 0 aromatic heterocycles. The van der Waals surface area contributed by atoms with Crippen LogP contribution in [0.2, 0.25) is 0 Å². The molecule has 3 nitrogen and oxygen atoms in total. The normalized spacial score (nSPS) is 14.1. The van der Waals surface area contributed by atoms with Crippen molar-refractivity contribution in [1.29, 1.82) is 0 Å². The van der Waals surface area contributed by atoms with E-state index in [1.165, 1.54) is 0 Å². The first-order valence-electron chi connectivity index (χ1n) is 5.86. The molecule has 0 heterocycles.